The summed E-state index contributed by atoms with van der Waals surface area (Å²) in [6.07, 6.45) is -0.0625. The van der Waals surface area contributed by atoms with Crippen molar-refractivity contribution in [2.24, 2.45) is 5.73 Å². The van der Waals surface area contributed by atoms with E-state index in [9.17, 15) is 4.79 Å². The monoisotopic (exact) mass is 248 g/mol. The molecule has 2 N–H and O–H groups in total. The summed E-state index contributed by atoms with van der Waals surface area (Å²) in [5.74, 6) is 0.0626. The van der Waals surface area contributed by atoms with E-state index in [1.807, 2.05) is 43.0 Å². The van der Waals surface area contributed by atoms with Crippen LogP contribution in [0.15, 0.2) is 24.3 Å². The summed E-state index contributed by atoms with van der Waals surface area (Å²) in [7, 11) is 0. The molecule has 1 saturated heterocycles. The van der Waals surface area contributed by atoms with Crippen LogP contribution in [0.4, 0.5) is 0 Å². The molecule has 1 fully saturated rings. The van der Waals surface area contributed by atoms with Crippen molar-refractivity contribution < 1.29 is 9.53 Å². The first-order valence-electron chi connectivity index (χ1n) is 6.31. The molecular weight excluding hydrogens is 228 g/mol. The highest BCUT2D eigenvalue weighted by Crippen LogP contribution is 2.13. The lowest BCUT2D eigenvalue weighted by molar-refractivity contribution is -0.0300. The second-order valence-electron chi connectivity index (χ2n) is 4.89. The van der Waals surface area contributed by atoms with Crippen LogP contribution in [0.2, 0.25) is 0 Å². The lowest BCUT2D eigenvalue weighted by Crippen LogP contribution is -2.51. The van der Waals surface area contributed by atoms with Crippen molar-refractivity contribution in [3.05, 3.63) is 35.4 Å². The number of carbonyl (C=O) groups excluding carboxylic acids is 1. The summed E-state index contributed by atoms with van der Waals surface area (Å²) in [5, 5.41) is 0. The van der Waals surface area contributed by atoms with Crippen molar-refractivity contribution >= 4 is 5.91 Å². The van der Waals surface area contributed by atoms with Crippen molar-refractivity contribution in [1.29, 1.82) is 0 Å². The average Bonchev–Trinajstić information content (AvgIpc) is 2.38. The average molecular weight is 248 g/mol. The molecule has 1 aromatic rings. The van der Waals surface area contributed by atoms with Crippen molar-refractivity contribution in [2.45, 2.75) is 26.0 Å². The number of morpholine rings is 1. The minimum atomic E-state index is -0.0625. The number of hydrogen-bond donors (Lipinski definition) is 1. The number of carbonyl (C=O) groups is 1. The maximum absolute atomic E-state index is 12.3. The van der Waals surface area contributed by atoms with Crippen LogP contribution < -0.4 is 5.73 Å². The summed E-state index contributed by atoms with van der Waals surface area (Å²) in [4.78, 5) is 14.2. The lowest BCUT2D eigenvalue weighted by atomic mass is 10.1. The van der Waals surface area contributed by atoms with Crippen LogP contribution in [0.3, 0.4) is 0 Å². The summed E-state index contributed by atoms with van der Waals surface area (Å²) in [6, 6.07) is 7.61. The molecule has 0 bridgehead atoms. The molecule has 1 amide bonds. The SMILES string of the molecule is Cc1cccc(C(=O)N2CCOC(C(C)N)C2)c1. The van der Waals surface area contributed by atoms with Gasteiger partial charge in [-0.15, -0.1) is 0 Å². The van der Waals surface area contributed by atoms with Crippen LogP contribution in [0.25, 0.3) is 0 Å². The van der Waals surface area contributed by atoms with Gasteiger partial charge in [0.15, 0.2) is 0 Å². The summed E-state index contributed by atoms with van der Waals surface area (Å²) in [5.41, 5.74) is 7.66. The second-order valence-corrected chi connectivity index (χ2v) is 4.89. The van der Waals surface area contributed by atoms with Gasteiger partial charge >= 0.3 is 0 Å². The Balaban J connectivity index is 2.09. The molecule has 2 unspecified atom stereocenters. The fourth-order valence-electron chi connectivity index (χ4n) is 2.14. The number of nitrogens with zero attached hydrogens (tertiary/aromatic N) is 1. The zero-order chi connectivity index (χ0) is 13.1. The van der Waals surface area contributed by atoms with Gasteiger partial charge in [0.25, 0.3) is 5.91 Å². The Labute approximate surface area is 108 Å². The van der Waals surface area contributed by atoms with E-state index in [1.165, 1.54) is 0 Å². The van der Waals surface area contributed by atoms with E-state index in [-0.39, 0.29) is 18.1 Å². The molecule has 18 heavy (non-hydrogen) atoms. The van der Waals surface area contributed by atoms with Crippen LogP contribution in [0.1, 0.15) is 22.8 Å². The topological polar surface area (TPSA) is 55.6 Å². The standard InChI is InChI=1S/C14H20N2O2/c1-10-4-3-5-12(8-10)14(17)16-6-7-18-13(9-16)11(2)15/h3-5,8,11,13H,6-7,9,15H2,1-2H3. The molecule has 0 aliphatic carbocycles. The molecule has 1 heterocycles. The summed E-state index contributed by atoms with van der Waals surface area (Å²) in [6.45, 7) is 5.66. The number of benzene rings is 1. The number of ether oxygens (including phenoxy) is 1. The van der Waals surface area contributed by atoms with Gasteiger partial charge in [0.2, 0.25) is 0 Å². The van der Waals surface area contributed by atoms with Gasteiger partial charge in [-0.05, 0) is 26.0 Å². The fraction of sp³-hybridized carbons (Fsp3) is 0.500. The van der Waals surface area contributed by atoms with E-state index in [0.29, 0.717) is 19.7 Å². The minimum absolute atomic E-state index is 0.0573. The smallest absolute Gasteiger partial charge is 0.254 e. The van der Waals surface area contributed by atoms with E-state index < -0.39 is 0 Å². The molecule has 1 aliphatic heterocycles. The molecule has 4 nitrogen and oxygen atoms in total. The third-order valence-corrected chi connectivity index (χ3v) is 3.23. The molecule has 98 valence electrons. The highest BCUT2D eigenvalue weighted by atomic mass is 16.5. The van der Waals surface area contributed by atoms with Crippen LogP contribution in [-0.4, -0.2) is 42.6 Å². The lowest BCUT2D eigenvalue weighted by Gasteiger charge is -2.34. The van der Waals surface area contributed by atoms with Crippen molar-refractivity contribution in [3.8, 4) is 0 Å². The van der Waals surface area contributed by atoms with Gasteiger partial charge in [-0.25, -0.2) is 0 Å². The van der Waals surface area contributed by atoms with Gasteiger partial charge in [0.05, 0.1) is 12.7 Å². The van der Waals surface area contributed by atoms with Gasteiger partial charge < -0.3 is 15.4 Å². The quantitative estimate of drug-likeness (QED) is 0.855. The largest absolute Gasteiger partial charge is 0.373 e. The molecule has 4 heteroatoms. The highest BCUT2D eigenvalue weighted by Gasteiger charge is 2.27. The maximum Gasteiger partial charge on any atom is 0.254 e. The number of aryl methyl sites for hydroxylation is 1. The van der Waals surface area contributed by atoms with E-state index in [0.717, 1.165) is 11.1 Å². The molecule has 2 atom stereocenters. The predicted octanol–water partition coefficient (Wildman–Crippen LogP) is 1.18. The van der Waals surface area contributed by atoms with Gasteiger partial charge in [-0.1, -0.05) is 17.7 Å². The van der Waals surface area contributed by atoms with Crippen LogP contribution in [0, 0.1) is 6.92 Å². The molecular formula is C14H20N2O2. The molecule has 0 saturated carbocycles. The van der Waals surface area contributed by atoms with E-state index in [1.54, 1.807) is 0 Å². The third-order valence-electron chi connectivity index (χ3n) is 3.23. The van der Waals surface area contributed by atoms with Gasteiger partial charge in [0.1, 0.15) is 0 Å². The molecule has 0 radical (unpaired) electrons. The highest BCUT2D eigenvalue weighted by molar-refractivity contribution is 5.94. The molecule has 0 aromatic heterocycles. The molecule has 0 spiro atoms. The Hall–Kier alpha value is -1.39. The number of rotatable bonds is 2. The van der Waals surface area contributed by atoms with Gasteiger partial charge in [-0.2, -0.15) is 0 Å². The van der Waals surface area contributed by atoms with Gasteiger partial charge in [-0.3, -0.25) is 4.79 Å². The van der Waals surface area contributed by atoms with Crippen molar-refractivity contribution in [1.82, 2.24) is 4.90 Å². The second kappa shape index (κ2) is 5.50. The Morgan fingerprint density at radius 2 is 2.33 bits per heavy atom. The molecule has 1 aliphatic rings. The molecule has 1 aromatic carbocycles. The van der Waals surface area contributed by atoms with Crippen molar-refractivity contribution in [2.75, 3.05) is 19.7 Å². The van der Waals surface area contributed by atoms with Crippen LogP contribution in [0.5, 0.6) is 0 Å². The van der Waals surface area contributed by atoms with E-state index >= 15 is 0 Å². The third kappa shape index (κ3) is 2.89. The first-order chi connectivity index (χ1) is 8.58. The summed E-state index contributed by atoms with van der Waals surface area (Å²) < 4.78 is 5.56. The predicted molar refractivity (Wildman–Crippen MR) is 70.5 cm³/mol. The Morgan fingerprint density at radius 1 is 1.56 bits per heavy atom. The van der Waals surface area contributed by atoms with Crippen molar-refractivity contribution in [3.63, 3.8) is 0 Å². The Kier molecular flexibility index (Phi) is 3.99. The zero-order valence-electron chi connectivity index (χ0n) is 10.9. The Bertz CT molecular complexity index is 432. The van der Waals surface area contributed by atoms with E-state index in [4.69, 9.17) is 10.5 Å². The van der Waals surface area contributed by atoms with Crippen LogP contribution >= 0.6 is 0 Å². The number of amides is 1. The number of nitrogens with two attached hydrogens (primary N) is 1. The fourth-order valence-corrected chi connectivity index (χ4v) is 2.14. The maximum atomic E-state index is 12.3. The molecule has 2 rings (SSSR count). The minimum Gasteiger partial charge on any atom is -0.373 e. The first-order valence-corrected chi connectivity index (χ1v) is 6.31. The summed E-state index contributed by atoms with van der Waals surface area (Å²) >= 11 is 0. The number of hydrogen-bond acceptors (Lipinski definition) is 3. The zero-order valence-corrected chi connectivity index (χ0v) is 10.9. The first kappa shape index (κ1) is 13.1. The van der Waals surface area contributed by atoms with Crippen LogP contribution in [-0.2, 0) is 4.74 Å². The Morgan fingerprint density at radius 3 is 3.00 bits per heavy atom. The normalized spacial score (nSPS) is 21.7. The van der Waals surface area contributed by atoms with E-state index in [2.05, 4.69) is 0 Å². The van der Waals surface area contributed by atoms with Gasteiger partial charge in [0, 0.05) is 24.7 Å².